The number of hydrogen-bond acceptors (Lipinski definition) is 4. The molecule has 5 heteroatoms. The van der Waals surface area contributed by atoms with Crippen LogP contribution in [0.2, 0.25) is 0 Å². The van der Waals surface area contributed by atoms with Crippen LogP contribution < -0.4 is 0 Å². The van der Waals surface area contributed by atoms with Gasteiger partial charge in [0.2, 0.25) is 0 Å². The molecule has 1 aromatic rings. The molecule has 0 bridgehead atoms. The molecule has 1 unspecified atom stereocenters. The van der Waals surface area contributed by atoms with E-state index in [2.05, 4.69) is 9.68 Å². The first-order valence-electron chi connectivity index (χ1n) is 5.65. The Bertz CT molecular complexity index is 335. The van der Waals surface area contributed by atoms with Crippen LogP contribution in [-0.2, 0) is 0 Å². The first-order valence-corrected chi connectivity index (χ1v) is 5.65. The molecule has 2 rings (SSSR count). The Morgan fingerprint density at radius 1 is 1.62 bits per heavy atom. The second kappa shape index (κ2) is 5.12. The van der Waals surface area contributed by atoms with Crippen molar-refractivity contribution in [3.05, 3.63) is 18.0 Å². The van der Waals surface area contributed by atoms with Crippen LogP contribution in [0, 0.1) is 0 Å². The molecule has 0 saturated carbocycles. The highest BCUT2D eigenvalue weighted by Gasteiger charge is 2.28. The van der Waals surface area contributed by atoms with E-state index in [1.807, 2.05) is 0 Å². The normalized spacial score (nSPS) is 21.1. The lowest BCUT2D eigenvalue weighted by Gasteiger charge is -2.34. The Hall–Kier alpha value is -1.36. The van der Waals surface area contributed by atoms with Gasteiger partial charge in [-0.15, -0.1) is 0 Å². The molecule has 88 valence electrons. The van der Waals surface area contributed by atoms with Crippen molar-refractivity contribution in [3.63, 3.8) is 0 Å². The van der Waals surface area contributed by atoms with Crippen LogP contribution in [0.5, 0.6) is 0 Å². The molecule has 16 heavy (non-hydrogen) atoms. The molecule has 0 radical (unpaired) electrons. The fourth-order valence-electron chi connectivity index (χ4n) is 2.19. The molecule has 1 N–H and O–H groups in total. The smallest absolute Gasteiger partial charge is 0.276 e. The van der Waals surface area contributed by atoms with Gasteiger partial charge < -0.3 is 14.5 Å². The van der Waals surface area contributed by atoms with Gasteiger partial charge in [-0.1, -0.05) is 5.16 Å². The van der Waals surface area contributed by atoms with Gasteiger partial charge in [0.05, 0.1) is 0 Å². The molecule has 2 heterocycles. The van der Waals surface area contributed by atoms with Gasteiger partial charge in [0.15, 0.2) is 5.69 Å². The van der Waals surface area contributed by atoms with Crippen molar-refractivity contribution >= 4 is 5.91 Å². The van der Waals surface area contributed by atoms with Crippen molar-refractivity contribution in [2.24, 2.45) is 0 Å². The highest BCUT2D eigenvalue weighted by Crippen LogP contribution is 2.21. The number of nitrogens with zero attached hydrogens (tertiary/aromatic N) is 2. The molecule has 0 aliphatic carbocycles. The summed E-state index contributed by atoms with van der Waals surface area (Å²) in [5.74, 6) is -0.0908. The quantitative estimate of drug-likeness (QED) is 0.833. The van der Waals surface area contributed by atoms with Crippen molar-refractivity contribution in [3.8, 4) is 0 Å². The number of rotatable bonds is 3. The Kier molecular flexibility index (Phi) is 3.56. The second-order valence-corrected chi connectivity index (χ2v) is 4.05. The highest BCUT2D eigenvalue weighted by atomic mass is 16.5. The van der Waals surface area contributed by atoms with Gasteiger partial charge in [-0.2, -0.15) is 0 Å². The van der Waals surface area contributed by atoms with E-state index in [1.165, 1.54) is 6.26 Å². The maximum Gasteiger partial charge on any atom is 0.276 e. The van der Waals surface area contributed by atoms with E-state index >= 15 is 0 Å². The number of aromatic nitrogens is 1. The first kappa shape index (κ1) is 11.1. The van der Waals surface area contributed by atoms with Crippen LogP contribution >= 0.6 is 0 Å². The minimum atomic E-state index is -0.0908. The second-order valence-electron chi connectivity index (χ2n) is 4.05. The highest BCUT2D eigenvalue weighted by molar-refractivity contribution is 5.92. The number of carbonyl (C=O) groups is 1. The topological polar surface area (TPSA) is 66.6 Å². The standard InChI is InChI=1S/C11H16N2O3/c14-7-4-9-3-1-2-6-13(9)11(15)10-5-8-16-12-10/h5,8-9,14H,1-4,6-7H2. The molecule has 0 spiro atoms. The minimum absolute atomic E-state index is 0.0908. The van der Waals surface area contributed by atoms with E-state index in [-0.39, 0.29) is 18.6 Å². The zero-order chi connectivity index (χ0) is 11.4. The van der Waals surface area contributed by atoms with E-state index in [0.717, 1.165) is 25.8 Å². The van der Waals surface area contributed by atoms with Gasteiger partial charge in [-0.25, -0.2) is 0 Å². The summed E-state index contributed by atoms with van der Waals surface area (Å²) in [6.45, 7) is 0.865. The van der Waals surface area contributed by atoms with Gasteiger partial charge in [-0.05, 0) is 25.7 Å². The molecule has 1 saturated heterocycles. The van der Waals surface area contributed by atoms with Crippen LogP contribution in [0.25, 0.3) is 0 Å². The minimum Gasteiger partial charge on any atom is -0.396 e. The van der Waals surface area contributed by atoms with Gasteiger partial charge in [0.25, 0.3) is 5.91 Å². The number of piperidine rings is 1. The lowest BCUT2D eigenvalue weighted by atomic mass is 9.99. The van der Waals surface area contributed by atoms with Gasteiger partial charge in [0.1, 0.15) is 6.26 Å². The molecule has 1 aromatic heterocycles. The molecule has 1 aliphatic rings. The lowest BCUT2D eigenvalue weighted by molar-refractivity contribution is 0.0564. The number of amides is 1. The Morgan fingerprint density at radius 2 is 2.50 bits per heavy atom. The number of aliphatic hydroxyl groups excluding tert-OH is 1. The third-order valence-electron chi connectivity index (χ3n) is 3.01. The fourth-order valence-corrected chi connectivity index (χ4v) is 2.19. The maximum atomic E-state index is 12.1. The Morgan fingerprint density at radius 3 is 3.19 bits per heavy atom. The van der Waals surface area contributed by atoms with Crippen molar-refractivity contribution in [1.29, 1.82) is 0 Å². The van der Waals surface area contributed by atoms with Crippen LogP contribution in [0.15, 0.2) is 16.9 Å². The largest absolute Gasteiger partial charge is 0.396 e. The van der Waals surface area contributed by atoms with Crippen LogP contribution in [0.1, 0.15) is 36.2 Å². The van der Waals surface area contributed by atoms with Crippen molar-refractivity contribution < 1.29 is 14.4 Å². The van der Waals surface area contributed by atoms with Gasteiger partial charge in [-0.3, -0.25) is 4.79 Å². The van der Waals surface area contributed by atoms with Crippen molar-refractivity contribution in [1.82, 2.24) is 10.1 Å². The monoisotopic (exact) mass is 224 g/mol. The van der Waals surface area contributed by atoms with Crippen LogP contribution in [-0.4, -0.2) is 40.3 Å². The third kappa shape index (κ3) is 2.24. The summed E-state index contributed by atoms with van der Waals surface area (Å²) >= 11 is 0. The van der Waals surface area contributed by atoms with E-state index in [0.29, 0.717) is 12.1 Å². The zero-order valence-electron chi connectivity index (χ0n) is 9.13. The van der Waals surface area contributed by atoms with Crippen molar-refractivity contribution in [2.75, 3.05) is 13.2 Å². The maximum absolute atomic E-state index is 12.1. The average molecular weight is 224 g/mol. The van der Waals surface area contributed by atoms with E-state index in [1.54, 1.807) is 11.0 Å². The van der Waals surface area contributed by atoms with E-state index < -0.39 is 0 Å². The van der Waals surface area contributed by atoms with Crippen LogP contribution in [0.3, 0.4) is 0 Å². The number of aliphatic hydroxyl groups is 1. The number of likely N-dealkylation sites (tertiary alicyclic amines) is 1. The molecule has 1 aliphatic heterocycles. The molecule has 1 fully saturated rings. The zero-order valence-corrected chi connectivity index (χ0v) is 9.13. The molecular weight excluding hydrogens is 208 g/mol. The summed E-state index contributed by atoms with van der Waals surface area (Å²) in [4.78, 5) is 13.9. The molecule has 0 aromatic carbocycles. The predicted octanol–water partition coefficient (Wildman–Crippen LogP) is 1.05. The summed E-state index contributed by atoms with van der Waals surface area (Å²) in [7, 11) is 0. The lowest BCUT2D eigenvalue weighted by Crippen LogP contribution is -2.44. The molecule has 1 amide bonds. The summed E-state index contributed by atoms with van der Waals surface area (Å²) in [5.41, 5.74) is 0.352. The Labute approximate surface area is 94.0 Å². The summed E-state index contributed by atoms with van der Waals surface area (Å²) < 4.78 is 4.67. The first-order chi connectivity index (χ1) is 7.83. The predicted molar refractivity (Wildman–Crippen MR) is 56.9 cm³/mol. The van der Waals surface area contributed by atoms with Crippen molar-refractivity contribution in [2.45, 2.75) is 31.7 Å². The van der Waals surface area contributed by atoms with Gasteiger partial charge >= 0.3 is 0 Å². The number of carbonyl (C=O) groups excluding carboxylic acids is 1. The summed E-state index contributed by atoms with van der Waals surface area (Å²) in [6, 6.07) is 1.72. The summed E-state index contributed by atoms with van der Waals surface area (Å²) in [5, 5.41) is 12.6. The fraction of sp³-hybridized carbons (Fsp3) is 0.636. The van der Waals surface area contributed by atoms with Crippen LogP contribution in [0.4, 0.5) is 0 Å². The average Bonchev–Trinajstić information content (AvgIpc) is 2.83. The van der Waals surface area contributed by atoms with Gasteiger partial charge in [0, 0.05) is 25.3 Å². The Balaban J connectivity index is 2.08. The molecule has 5 nitrogen and oxygen atoms in total. The molecular formula is C11H16N2O3. The van der Waals surface area contributed by atoms with E-state index in [4.69, 9.17) is 5.11 Å². The number of hydrogen-bond donors (Lipinski definition) is 1. The SMILES string of the molecule is O=C(c1ccon1)N1CCCCC1CCO. The third-order valence-corrected chi connectivity index (χ3v) is 3.01. The summed E-state index contributed by atoms with van der Waals surface area (Å²) in [6.07, 6.45) is 5.14. The molecule has 1 atom stereocenters. The van der Waals surface area contributed by atoms with E-state index in [9.17, 15) is 4.79 Å².